The first-order chi connectivity index (χ1) is 11.5. The molecule has 0 heterocycles. The number of benzene rings is 3. The van der Waals surface area contributed by atoms with Crippen molar-refractivity contribution in [2.24, 2.45) is 0 Å². The number of urea groups is 1. The Morgan fingerprint density at radius 2 is 1.67 bits per heavy atom. The van der Waals surface area contributed by atoms with Gasteiger partial charge in [-0.1, -0.05) is 48.0 Å². The zero-order chi connectivity index (χ0) is 17.1. The van der Waals surface area contributed by atoms with Gasteiger partial charge in [-0.2, -0.15) is 0 Å². The van der Waals surface area contributed by atoms with Gasteiger partial charge < -0.3 is 10.6 Å². The third-order valence-corrected chi connectivity index (χ3v) is 3.76. The monoisotopic (exact) mass is 341 g/mol. The standard InChI is InChI=1S/C17H12ClN3O3/c18-14-10-12(21(23)24)8-9-16(14)20-17(22)19-15-7-3-5-11-4-1-2-6-13(11)15/h1-10H,(H2,19,20,22). The van der Waals surface area contributed by atoms with Crippen LogP contribution in [0.1, 0.15) is 0 Å². The van der Waals surface area contributed by atoms with Gasteiger partial charge in [-0.15, -0.1) is 0 Å². The van der Waals surface area contributed by atoms with Crippen molar-refractivity contribution in [2.45, 2.75) is 0 Å². The third kappa shape index (κ3) is 3.28. The number of halogens is 1. The van der Waals surface area contributed by atoms with Crippen LogP contribution in [0.2, 0.25) is 5.02 Å². The molecule has 0 fully saturated rings. The third-order valence-electron chi connectivity index (χ3n) is 3.45. The Bertz CT molecular complexity index is 938. The predicted octanol–water partition coefficient (Wildman–Crippen LogP) is 5.05. The van der Waals surface area contributed by atoms with Crippen molar-refractivity contribution in [1.29, 1.82) is 0 Å². The minimum Gasteiger partial charge on any atom is -0.307 e. The lowest BCUT2D eigenvalue weighted by molar-refractivity contribution is -0.384. The molecule has 3 aromatic carbocycles. The first kappa shape index (κ1) is 15.8. The van der Waals surface area contributed by atoms with E-state index in [-0.39, 0.29) is 10.7 Å². The molecule has 2 N–H and O–H groups in total. The highest BCUT2D eigenvalue weighted by molar-refractivity contribution is 6.34. The molecule has 3 rings (SSSR count). The summed E-state index contributed by atoms with van der Waals surface area (Å²) in [7, 11) is 0. The molecule has 0 unspecified atom stereocenters. The number of fused-ring (bicyclic) bond motifs is 1. The van der Waals surface area contributed by atoms with Gasteiger partial charge in [0.2, 0.25) is 0 Å². The molecule has 0 aliphatic rings. The number of amides is 2. The molecule has 0 aromatic heterocycles. The van der Waals surface area contributed by atoms with Crippen LogP contribution in [0.25, 0.3) is 10.8 Å². The van der Waals surface area contributed by atoms with E-state index in [9.17, 15) is 14.9 Å². The summed E-state index contributed by atoms with van der Waals surface area (Å²) < 4.78 is 0. The number of carbonyl (C=O) groups excluding carboxylic acids is 1. The Kier molecular flexibility index (Phi) is 4.31. The van der Waals surface area contributed by atoms with Gasteiger partial charge in [-0.05, 0) is 17.5 Å². The smallest absolute Gasteiger partial charge is 0.307 e. The molecule has 7 heteroatoms. The topological polar surface area (TPSA) is 84.3 Å². The fourth-order valence-corrected chi connectivity index (χ4v) is 2.55. The summed E-state index contributed by atoms with van der Waals surface area (Å²) in [6, 6.07) is 16.6. The second kappa shape index (κ2) is 6.55. The summed E-state index contributed by atoms with van der Waals surface area (Å²) in [5, 5.41) is 18.0. The number of carbonyl (C=O) groups is 1. The SMILES string of the molecule is O=C(Nc1ccc([N+](=O)[O-])cc1Cl)Nc1cccc2ccccc12. The molecule has 24 heavy (non-hydrogen) atoms. The number of hydrogen-bond acceptors (Lipinski definition) is 3. The maximum Gasteiger partial charge on any atom is 0.323 e. The molecular weight excluding hydrogens is 330 g/mol. The molecule has 3 aromatic rings. The largest absolute Gasteiger partial charge is 0.323 e. The molecule has 0 atom stereocenters. The molecule has 120 valence electrons. The minimum atomic E-state index is -0.550. The van der Waals surface area contributed by atoms with Gasteiger partial charge in [0.05, 0.1) is 21.3 Å². The second-order valence-electron chi connectivity index (χ2n) is 5.03. The molecular formula is C17H12ClN3O3. The number of nitrogens with zero attached hydrogens (tertiary/aromatic N) is 1. The van der Waals surface area contributed by atoms with Gasteiger partial charge in [0.25, 0.3) is 5.69 Å². The van der Waals surface area contributed by atoms with Gasteiger partial charge in [0.15, 0.2) is 0 Å². The van der Waals surface area contributed by atoms with E-state index in [1.165, 1.54) is 18.2 Å². The molecule has 6 nitrogen and oxygen atoms in total. The number of nitro groups is 1. The van der Waals surface area contributed by atoms with Crippen LogP contribution in [0, 0.1) is 10.1 Å². The molecule has 0 spiro atoms. The molecule has 0 radical (unpaired) electrons. The lowest BCUT2D eigenvalue weighted by atomic mass is 10.1. The van der Waals surface area contributed by atoms with Gasteiger partial charge in [0, 0.05) is 17.5 Å². The highest BCUT2D eigenvalue weighted by Gasteiger charge is 2.12. The number of anilines is 2. The minimum absolute atomic E-state index is 0.0947. The summed E-state index contributed by atoms with van der Waals surface area (Å²) in [6.07, 6.45) is 0. The quantitative estimate of drug-likeness (QED) is 0.516. The maximum absolute atomic E-state index is 12.2. The van der Waals surface area contributed by atoms with E-state index in [0.717, 1.165) is 10.8 Å². The first-order valence-corrected chi connectivity index (χ1v) is 7.42. The van der Waals surface area contributed by atoms with Crippen LogP contribution in [-0.4, -0.2) is 11.0 Å². The number of non-ortho nitro benzene ring substituents is 1. The molecule has 2 amide bonds. The van der Waals surface area contributed by atoms with E-state index in [1.54, 1.807) is 6.07 Å². The summed E-state index contributed by atoms with van der Waals surface area (Å²) >= 11 is 5.97. The van der Waals surface area contributed by atoms with Crippen LogP contribution < -0.4 is 10.6 Å². The Labute approximate surface area is 142 Å². The van der Waals surface area contributed by atoms with Crippen molar-refractivity contribution >= 4 is 45.5 Å². The van der Waals surface area contributed by atoms with Crippen molar-refractivity contribution in [2.75, 3.05) is 10.6 Å². The van der Waals surface area contributed by atoms with Gasteiger partial charge >= 0.3 is 6.03 Å². The normalized spacial score (nSPS) is 10.4. The van der Waals surface area contributed by atoms with E-state index >= 15 is 0 Å². The van der Waals surface area contributed by atoms with Gasteiger partial charge in [0.1, 0.15) is 0 Å². The zero-order valence-corrected chi connectivity index (χ0v) is 13.1. The second-order valence-corrected chi connectivity index (χ2v) is 5.43. The van der Waals surface area contributed by atoms with Gasteiger partial charge in [-0.25, -0.2) is 4.79 Å². The highest BCUT2D eigenvalue weighted by atomic mass is 35.5. The van der Waals surface area contributed by atoms with Crippen LogP contribution in [-0.2, 0) is 0 Å². The summed E-state index contributed by atoms with van der Waals surface area (Å²) in [5.74, 6) is 0. The van der Waals surface area contributed by atoms with E-state index in [0.29, 0.717) is 11.4 Å². The van der Waals surface area contributed by atoms with Crippen LogP contribution in [0.15, 0.2) is 60.7 Å². The predicted molar refractivity (Wildman–Crippen MR) is 94.7 cm³/mol. The Hall–Kier alpha value is -3.12. The van der Waals surface area contributed by atoms with E-state index < -0.39 is 11.0 Å². The molecule has 0 bridgehead atoms. The summed E-state index contributed by atoms with van der Waals surface area (Å²) in [4.78, 5) is 22.3. The summed E-state index contributed by atoms with van der Waals surface area (Å²) in [6.45, 7) is 0. The molecule has 0 saturated carbocycles. The Balaban J connectivity index is 1.79. The number of nitro benzene ring substituents is 1. The first-order valence-electron chi connectivity index (χ1n) is 7.04. The average Bonchev–Trinajstić information content (AvgIpc) is 2.57. The number of hydrogen-bond donors (Lipinski definition) is 2. The van der Waals surface area contributed by atoms with E-state index in [4.69, 9.17) is 11.6 Å². The number of rotatable bonds is 3. The van der Waals surface area contributed by atoms with Crippen LogP contribution in [0.4, 0.5) is 21.9 Å². The van der Waals surface area contributed by atoms with Crippen molar-refractivity contribution in [3.63, 3.8) is 0 Å². The highest BCUT2D eigenvalue weighted by Crippen LogP contribution is 2.27. The summed E-state index contributed by atoms with van der Waals surface area (Å²) in [5.41, 5.74) is 0.809. The van der Waals surface area contributed by atoms with E-state index in [2.05, 4.69) is 10.6 Å². The Morgan fingerprint density at radius 3 is 2.42 bits per heavy atom. The maximum atomic E-state index is 12.2. The van der Waals surface area contributed by atoms with Gasteiger partial charge in [-0.3, -0.25) is 10.1 Å². The lowest BCUT2D eigenvalue weighted by Crippen LogP contribution is -2.19. The molecule has 0 aliphatic carbocycles. The Morgan fingerprint density at radius 1 is 0.958 bits per heavy atom. The fourth-order valence-electron chi connectivity index (χ4n) is 2.33. The average molecular weight is 342 g/mol. The number of nitrogens with one attached hydrogen (secondary N) is 2. The van der Waals surface area contributed by atoms with Crippen molar-refractivity contribution in [1.82, 2.24) is 0 Å². The van der Waals surface area contributed by atoms with Crippen molar-refractivity contribution in [3.8, 4) is 0 Å². The van der Waals surface area contributed by atoms with Crippen molar-refractivity contribution in [3.05, 3.63) is 75.8 Å². The van der Waals surface area contributed by atoms with Crippen LogP contribution >= 0.6 is 11.6 Å². The fraction of sp³-hybridized carbons (Fsp3) is 0. The zero-order valence-electron chi connectivity index (χ0n) is 12.3. The molecule has 0 aliphatic heterocycles. The van der Waals surface area contributed by atoms with Crippen molar-refractivity contribution < 1.29 is 9.72 Å². The van der Waals surface area contributed by atoms with Crippen LogP contribution in [0.5, 0.6) is 0 Å². The lowest BCUT2D eigenvalue weighted by Gasteiger charge is -2.11. The van der Waals surface area contributed by atoms with E-state index in [1.807, 2.05) is 36.4 Å². The van der Waals surface area contributed by atoms with Crippen LogP contribution in [0.3, 0.4) is 0 Å². The molecule has 0 saturated heterocycles.